The largest absolute Gasteiger partial charge is 0.337 e. The fourth-order valence-corrected chi connectivity index (χ4v) is 3.08. The molecular formula is C16H22N4O. The molecule has 0 unspecified atom stereocenters. The zero-order valence-electron chi connectivity index (χ0n) is 12.7. The van der Waals surface area contributed by atoms with Gasteiger partial charge >= 0.3 is 0 Å². The molecule has 21 heavy (non-hydrogen) atoms. The Morgan fingerprint density at radius 1 is 1.38 bits per heavy atom. The molecule has 112 valence electrons. The average molecular weight is 286 g/mol. The first kappa shape index (κ1) is 14.1. The summed E-state index contributed by atoms with van der Waals surface area (Å²) >= 11 is 0. The minimum absolute atomic E-state index is 0.0161. The zero-order valence-corrected chi connectivity index (χ0v) is 12.7. The topological polar surface area (TPSA) is 52.2 Å². The second-order valence-corrected chi connectivity index (χ2v) is 5.70. The number of aromatic nitrogens is 2. The highest BCUT2D eigenvalue weighted by Gasteiger charge is 2.27. The molecule has 0 saturated carbocycles. The van der Waals surface area contributed by atoms with Gasteiger partial charge in [-0.05, 0) is 25.5 Å². The van der Waals surface area contributed by atoms with Crippen LogP contribution in [0.2, 0.25) is 0 Å². The Morgan fingerprint density at radius 2 is 2.10 bits per heavy atom. The van der Waals surface area contributed by atoms with Crippen LogP contribution in [0.25, 0.3) is 10.9 Å². The van der Waals surface area contributed by atoms with Gasteiger partial charge < -0.3 is 9.80 Å². The molecular weight excluding hydrogens is 264 g/mol. The first-order valence-electron chi connectivity index (χ1n) is 7.63. The Morgan fingerprint density at radius 3 is 2.81 bits per heavy atom. The van der Waals surface area contributed by atoms with E-state index in [1.807, 2.05) is 36.2 Å². The average Bonchev–Trinajstić information content (AvgIpc) is 2.97. The molecule has 1 aliphatic rings. The minimum Gasteiger partial charge on any atom is -0.337 e. The maximum absolute atomic E-state index is 12.7. The molecule has 1 aromatic carbocycles. The third-order valence-corrected chi connectivity index (χ3v) is 4.55. The van der Waals surface area contributed by atoms with Crippen molar-refractivity contribution in [2.45, 2.75) is 25.8 Å². The minimum atomic E-state index is 0.0161. The highest BCUT2D eigenvalue weighted by atomic mass is 16.2. The van der Waals surface area contributed by atoms with E-state index < -0.39 is 0 Å². The molecule has 2 heterocycles. The van der Waals surface area contributed by atoms with Gasteiger partial charge in [0.25, 0.3) is 5.91 Å². The molecule has 0 radical (unpaired) electrons. The number of piperidine rings is 1. The fraction of sp³-hybridized carbons (Fsp3) is 0.500. The van der Waals surface area contributed by atoms with E-state index in [0.29, 0.717) is 11.7 Å². The number of hydrogen-bond acceptors (Lipinski definition) is 3. The van der Waals surface area contributed by atoms with Crippen LogP contribution >= 0.6 is 0 Å². The Kier molecular flexibility index (Phi) is 3.92. The van der Waals surface area contributed by atoms with Crippen molar-refractivity contribution in [3.05, 3.63) is 30.0 Å². The summed E-state index contributed by atoms with van der Waals surface area (Å²) < 4.78 is 0. The van der Waals surface area contributed by atoms with Crippen LogP contribution < -0.4 is 0 Å². The monoisotopic (exact) mass is 286 g/mol. The summed E-state index contributed by atoms with van der Waals surface area (Å²) in [5, 5.41) is 8.06. The van der Waals surface area contributed by atoms with E-state index in [9.17, 15) is 4.79 Å². The van der Waals surface area contributed by atoms with Crippen LogP contribution in [-0.4, -0.2) is 58.6 Å². The van der Waals surface area contributed by atoms with Gasteiger partial charge in [-0.1, -0.05) is 25.1 Å². The molecule has 1 aliphatic heterocycles. The Labute approximate surface area is 124 Å². The van der Waals surface area contributed by atoms with E-state index in [-0.39, 0.29) is 5.91 Å². The van der Waals surface area contributed by atoms with Crippen LogP contribution in [0, 0.1) is 0 Å². The van der Waals surface area contributed by atoms with Crippen molar-refractivity contribution >= 4 is 16.8 Å². The van der Waals surface area contributed by atoms with Gasteiger partial charge in [0, 0.05) is 31.6 Å². The number of aromatic amines is 1. The smallest absolute Gasteiger partial charge is 0.274 e. The quantitative estimate of drug-likeness (QED) is 0.940. The van der Waals surface area contributed by atoms with Gasteiger partial charge in [0.2, 0.25) is 0 Å². The van der Waals surface area contributed by atoms with E-state index in [1.165, 1.54) is 0 Å². The summed E-state index contributed by atoms with van der Waals surface area (Å²) in [6.07, 6.45) is 2.08. The number of likely N-dealkylation sites (tertiary alicyclic amines) is 1. The van der Waals surface area contributed by atoms with Crippen molar-refractivity contribution in [2.24, 2.45) is 0 Å². The van der Waals surface area contributed by atoms with E-state index in [1.54, 1.807) is 0 Å². The summed E-state index contributed by atoms with van der Waals surface area (Å²) in [7, 11) is 1.90. The molecule has 1 N–H and O–H groups in total. The molecule has 1 aromatic heterocycles. The molecule has 3 rings (SSSR count). The summed E-state index contributed by atoms with van der Waals surface area (Å²) in [5.41, 5.74) is 1.45. The number of rotatable bonds is 3. The number of benzene rings is 1. The molecule has 1 fully saturated rings. The molecule has 5 nitrogen and oxygen atoms in total. The van der Waals surface area contributed by atoms with E-state index in [2.05, 4.69) is 22.0 Å². The van der Waals surface area contributed by atoms with Gasteiger partial charge in [-0.15, -0.1) is 0 Å². The third kappa shape index (κ3) is 2.65. The van der Waals surface area contributed by atoms with Gasteiger partial charge in [-0.25, -0.2) is 0 Å². The fourth-order valence-electron chi connectivity index (χ4n) is 3.08. The lowest BCUT2D eigenvalue weighted by atomic mass is 10.0. The number of para-hydroxylation sites is 1. The maximum Gasteiger partial charge on any atom is 0.274 e. The highest BCUT2D eigenvalue weighted by Crippen LogP contribution is 2.20. The number of nitrogens with zero attached hydrogens (tertiary/aromatic N) is 3. The number of fused-ring (bicyclic) bond motifs is 1. The van der Waals surface area contributed by atoms with Gasteiger partial charge in [0.1, 0.15) is 0 Å². The second-order valence-electron chi connectivity index (χ2n) is 5.70. The summed E-state index contributed by atoms with van der Waals surface area (Å²) in [4.78, 5) is 17.0. The van der Waals surface area contributed by atoms with E-state index in [0.717, 1.165) is 43.4 Å². The normalized spacial score (nSPS) is 17.2. The molecule has 1 amide bonds. The first-order chi connectivity index (χ1) is 10.2. The first-order valence-corrected chi connectivity index (χ1v) is 7.63. The van der Waals surface area contributed by atoms with Crippen molar-refractivity contribution in [3.8, 4) is 0 Å². The van der Waals surface area contributed by atoms with Crippen molar-refractivity contribution < 1.29 is 4.79 Å². The molecule has 5 heteroatoms. The lowest BCUT2D eigenvalue weighted by Gasteiger charge is -2.36. The standard InChI is InChI=1S/C16H22N4O/c1-3-20-10-8-12(9-11-20)19(2)16(21)15-13-6-4-5-7-14(13)17-18-15/h4-7,12H,3,8-11H2,1-2H3,(H,17,18). The van der Waals surface area contributed by atoms with E-state index >= 15 is 0 Å². The van der Waals surface area contributed by atoms with Gasteiger partial charge in [0.05, 0.1) is 5.52 Å². The summed E-state index contributed by atoms with van der Waals surface area (Å²) in [5.74, 6) is 0.0161. The zero-order chi connectivity index (χ0) is 14.8. The predicted molar refractivity (Wildman–Crippen MR) is 83.3 cm³/mol. The van der Waals surface area contributed by atoms with Crippen LogP contribution in [0.15, 0.2) is 24.3 Å². The van der Waals surface area contributed by atoms with Crippen LogP contribution in [0.1, 0.15) is 30.3 Å². The second kappa shape index (κ2) is 5.85. The number of carbonyl (C=O) groups excluding carboxylic acids is 1. The lowest BCUT2D eigenvalue weighted by Crippen LogP contribution is -2.45. The van der Waals surface area contributed by atoms with Crippen molar-refractivity contribution in [2.75, 3.05) is 26.7 Å². The van der Waals surface area contributed by atoms with Crippen molar-refractivity contribution in [1.82, 2.24) is 20.0 Å². The molecule has 1 saturated heterocycles. The van der Waals surface area contributed by atoms with Gasteiger partial charge in [-0.3, -0.25) is 9.89 Å². The maximum atomic E-state index is 12.7. The number of hydrogen-bond donors (Lipinski definition) is 1. The van der Waals surface area contributed by atoms with Crippen molar-refractivity contribution in [1.29, 1.82) is 0 Å². The van der Waals surface area contributed by atoms with Gasteiger partial charge in [-0.2, -0.15) is 5.10 Å². The SMILES string of the molecule is CCN1CCC(N(C)C(=O)c2n[nH]c3ccccc23)CC1. The summed E-state index contributed by atoms with van der Waals surface area (Å²) in [6.45, 7) is 5.42. The van der Waals surface area contributed by atoms with Crippen LogP contribution in [-0.2, 0) is 0 Å². The van der Waals surface area contributed by atoms with Crippen LogP contribution in [0.5, 0.6) is 0 Å². The van der Waals surface area contributed by atoms with E-state index in [4.69, 9.17) is 0 Å². The third-order valence-electron chi connectivity index (χ3n) is 4.55. The molecule has 0 atom stereocenters. The molecule has 0 spiro atoms. The Balaban J connectivity index is 1.76. The predicted octanol–water partition coefficient (Wildman–Crippen LogP) is 2.12. The highest BCUT2D eigenvalue weighted by molar-refractivity contribution is 6.04. The molecule has 2 aromatic rings. The van der Waals surface area contributed by atoms with Crippen LogP contribution in [0.4, 0.5) is 0 Å². The van der Waals surface area contributed by atoms with Crippen LogP contribution in [0.3, 0.4) is 0 Å². The van der Waals surface area contributed by atoms with Gasteiger partial charge in [0.15, 0.2) is 5.69 Å². The number of carbonyl (C=O) groups is 1. The number of amides is 1. The van der Waals surface area contributed by atoms with Crippen molar-refractivity contribution in [3.63, 3.8) is 0 Å². The molecule has 0 bridgehead atoms. The Bertz CT molecular complexity index is 628. The number of nitrogens with one attached hydrogen (secondary N) is 1. The number of H-pyrrole nitrogens is 1. The summed E-state index contributed by atoms with van der Waals surface area (Å²) in [6, 6.07) is 8.09. The molecule has 0 aliphatic carbocycles. The Hall–Kier alpha value is -1.88. The lowest BCUT2D eigenvalue weighted by molar-refractivity contribution is 0.0643.